The van der Waals surface area contributed by atoms with Crippen LogP contribution in [0.4, 0.5) is 4.39 Å². The van der Waals surface area contributed by atoms with E-state index >= 15 is 0 Å². The Kier molecular flexibility index (Phi) is 6.17. The Bertz CT molecular complexity index is 955. The van der Waals surface area contributed by atoms with Gasteiger partial charge in [-0.15, -0.1) is 0 Å². The Labute approximate surface area is 163 Å². The predicted octanol–water partition coefficient (Wildman–Crippen LogP) is 4.01. The molecule has 3 aromatic rings. The lowest BCUT2D eigenvalue weighted by atomic mass is 10.0. The van der Waals surface area contributed by atoms with Gasteiger partial charge in [-0.05, 0) is 28.8 Å². The number of methoxy groups -OCH3 is 1. The summed E-state index contributed by atoms with van der Waals surface area (Å²) < 4.78 is 18.6. The van der Waals surface area contributed by atoms with Crippen LogP contribution in [0.3, 0.4) is 0 Å². The smallest absolute Gasteiger partial charge is 0.328 e. The van der Waals surface area contributed by atoms with Crippen LogP contribution in [0.2, 0.25) is 0 Å². The first-order valence-corrected chi connectivity index (χ1v) is 8.86. The molecule has 0 spiro atoms. The molecule has 0 radical (unpaired) electrons. The van der Waals surface area contributed by atoms with E-state index in [1.54, 1.807) is 6.07 Å². The molecule has 28 heavy (non-hydrogen) atoms. The number of ether oxygens (including phenoxy) is 1. The minimum atomic E-state index is -0.917. The number of nitrogens with one attached hydrogen (secondary N) is 1. The van der Waals surface area contributed by atoms with E-state index in [1.807, 2.05) is 54.6 Å². The Morgan fingerprint density at radius 2 is 1.50 bits per heavy atom. The maximum Gasteiger partial charge on any atom is 0.328 e. The number of halogens is 1. The van der Waals surface area contributed by atoms with Gasteiger partial charge in [0.1, 0.15) is 11.9 Å². The number of rotatable bonds is 6. The highest BCUT2D eigenvalue weighted by molar-refractivity contribution is 5.97. The highest BCUT2D eigenvalue weighted by Crippen LogP contribution is 2.20. The summed E-state index contributed by atoms with van der Waals surface area (Å²) in [6.45, 7) is 0. The average Bonchev–Trinajstić information content (AvgIpc) is 2.74. The molecule has 3 aromatic carbocycles. The third-order valence-electron chi connectivity index (χ3n) is 4.41. The maximum absolute atomic E-state index is 13.8. The number of esters is 1. The van der Waals surface area contributed by atoms with E-state index < -0.39 is 23.7 Å². The normalized spacial score (nSPS) is 11.5. The third-order valence-corrected chi connectivity index (χ3v) is 4.41. The molecule has 5 heteroatoms. The first kappa shape index (κ1) is 19.3. The van der Waals surface area contributed by atoms with Crippen molar-refractivity contribution < 1.29 is 18.7 Å². The molecule has 0 fully saturated rings. The summed E-state index contributed by atoms with van der Waals surface area (Å²) in [5.41, 5.74) is 2.88. The summed E-state index contributed by atoms with van der Waals surface area (Å²) in [6, 6.07) is 22.3. The minimum absolute atomic E-state index is 0.115. The highest BCUT2D eigenvalue weighted by Gasteiger charge is 2.23. The van der Waals surface area contributed by atoms with Gasteiger partial charge in [0.15, 0.2) is 0 Å². The fraction of sp³-hybridized carbons (Fsp3) is 0.130. The molecule has 0 saturated carbocycles. The van der Waals surface area contributed by atoms with Gasteiger partial charge in [0.2, 0.25) is 0 Å². The number of amides is 1. The van der Waals surface area contributed by atoms with Crippen molar-refractivity contribution in [3.63, 3.8) is 0 Å². The molecule has 4 nitrogen and oxygen atoms in total. The second-order valence-corrected chi connectivity index (χ2v) is 6.30. The number of hydrogen-bond donors (Lipinski definition) is 1. The molecule has 0 bridgehead atoms. The Morgan fingerprint density at radius 1 is 0.893 bits per heavy atom. The summed E-state index contributed by atoms with van der Waals surface area (Å²) in [6.07, 6.45) is 0.238. The van der Waals surface area contributed by atoms with Crippen LogP contribution < -0.4 is 5.32 Å². The van der Waals surface area contributed by atoms with Gasteiger partial charge in [-0.3, -0.25) is 4.79 Å². The Balaban J connectivity index is 1.75. The lowest BCUT2D eigenvalue weighted by Gasteiger charge is -2.17. The largest absolute Gasteiger partial charge is 0.467 e. The number of benzene rings is 3. The fourth-order valence-electron chi connectivity index (χ4n) is 2.92. The van der Waals surface area contributed by atoms with Gasteiger partial charge >= 0.3 is 5.97 Å². The van der Waals surface area contributed by atoms with Crippen molar-refractivity contribution in [3.05, 3.63) is 95.8 Å². The molecular weight excluding hydrogens is 357 g/mol. The zero-order valence-electron chi connectivity index (χ0n) is 15.4. The van der Waals surface area contributed by atoms with Crippen LogP contribution in [0.15, 0.2) is 78.9 Å². The van der Waals surface area contributed by atoms with Crippen molar-refractivity contribution in [2.45, 2.75) is 12.5 Å². The van der Waals surface area contributed by atoms with Crippen LogP contribution in [0, 0.1) is 5.82 Å². The number of carbonyl (C=O) groups excluding carboxylic acids is 2. The number of hydrogen-bond acceptors (Lipinski definition) is 3. The van der Waals surface area contributed by atoms with Crippen molar-refractivity contribution in [2.75, 3.05) is 7.11 Å². The van der Waals surface area contributed by atoms with Crippen molar-refractivity contribution in [3.8, 4) is 11.1 Å². The van der Waals surface area contributed by atoms with Gasteiger partial charge in [-0.25, -0.2) is 9.18 Å². The van der Waals surface area contributed by atoms with Gasteiger partial charge < -0.3 is 10.1 Å². The first-order valence-electron chi connectivity index (χ1n) is 8.86. The van der Waals surface area contributed by atoms with Crippen LogP contribution in [0.1, 0.15) is 15.9 Å². The maximum atomic E-state index is 13.8. The fourth-order valence-corrected chi connectivity index (χ4v) is 2.92. The molecule has 0 unspecified atom stereocenters. The zero-order chi connectivity index (χ0) is 19.9. The van der Waals surface area contributed by atoms with E-state index in [-0.39, 0.29) is 12.0 Å². The van der Waals surface area contributed by atoms with E-state index in [4.69, 9.17) is 4.74 Å². The molecule has 1 atom stereocenters. The molecule has 1 amide bonds. The molecule has 0 saturated heterocycles. The molecule has 0 aliphatic carbocycles. The van der Waals surface area contributed by atoms with Crippen molar-refractivity contribution in [1.29, 1.82) is 0 Å². The second-order valence-electron chi connectivity index (χ2n) is 6.30. The lowest BCUT2D eigenvalue weighted by molar-refractivity contribution is -0.142. The Hall–Kier alpha value is -3.47. The van der Waals surface area contributed by atoms with Crippen molar-refractivity contribution >= 4 is 11.9 Å². The SMILES string of the molecule is COC(=O)[C@H](Cc1ccc(-c2ccccc2)cc1)NC(=O)c1ccccc1F. The molecule has 0 heterocycles. The molecular formula is C23H20FNO3. The molecule has 3 rings (SSSR count). The van der Waals surface area contributed by atoms with E-state index in [2.05, 4.69) is 5.32 Å². The Morgan fingerprint density at radius 3 is 2.14 bits per heavy atom. The molecule has 0 aromatic heterocycles. The standard InChI is InChI=1S/C23H20FNO3/c1-28-23(27)21(25-22(26)19-9-5-6-10-20(19)24)15-16-11-13-18(14-12-16)17-7-3-2-4-8-17/h2-14,21H,15H2,1H3,(H,25,26)/t21-/m0/s1. The van der Waals surface area contributed by atoms with Crippen LogP contribution in [0.25, 0.3) is 11.1 Å². The molecule has 142 valence electrons. The van der Waals surface area contributed by atoms with Crippen LogP contribution in [-0.2, 0) is 16.0 Å². The van der Waals surface area contributed by atoms with E-state index in [0.29, 0.717) is 0 Å². The zero-order valence-corrected chi connectivity index (χ0v) is 15.4. The van der Waals surface area contributed by atoms with Gasteiger partial charge in [-0.1, -0.05) is 66.7 Å². The number of carbonyl (C=O) groups is 2. The summed E-state index contributed by atoms with van der Waals surface area (Å²) >= 11 is 0. The van der Waals surface area contributed by atoms with E-state index in [9.17, 15) is 14.0 Å². The molecule has 1 N–H and O–H groups in total. The predicted molar refractivity (Wildman–Crippen MR) is 105 cm³/mol. The van der Waals surface area contributed by atoms with Crippen molar-refractivity contribution in [2.24, 2.45) is 0 Å². The average molecular weight is 377 g/mol. The van der Waals surface area contributed by atoms with Crippen molar-refractivity contribution in [1.82, 2.24) is 5.32 Å². The summed E-state index contributed by atoms with van der Waals surface area (Å²) in [4.78, 5) is 24.5. The van der Waals surface area contributed by atoms with Gasteiger partial charge in [-0.2, -0.15) is 0 Å². The lowest BCUT2D eigenvalue weighted by Crippen LogP contribution is -2.43. The summed E-state index contributed by atoms with van der Waals surface area (Å²) in [5, 5.41) is 2.57. The monoisotopic (exact) mass is 377 g/mol. The third kappa shape index (κ3) is 4.62. The quantitative estimate of drug-likeness (QED) is 0.661. The van der Waals surface area contributed by atoms with Gasteiger partial charge in [0.05, 0.1) is 12.7 Å². The summed E-state index contributed by atoms with van der Waals surface area (Å²) in [7, 11) is 1.25. The van der Waals surface area contributed by atoms with Crippen LogP contribution in [-0.4, -0.2) is 25.0 Å². The minimum Gasteiger partial charge on any atom is -0.467 e. The van der Waals surface area contributed by atoms with Crippen LogP contribution >= 0.6 is 0 Å². The second kappa shape index (κ2) is 8.95. The summed E-state index contributed by atoms with van der Waals surface area (Å²) in [5.74, 6) is -1.89. The topological polar surface area (TPSA) is 55.4 Å². The first-order chi connectivity index (χ1) is 13.6. The highest BCUT2D eigenvalue weighted by atomic mass is 19.1. The molecule has 0 aliphatic heterocycles. The van der Waals surface area contributed by atoms with E-state index in [1.165, 1.54) is 25.3 Å². The van der Waals surface area contributed by atoms with Crippen LogP contribution in [0.5, 0.6) is 0 Å². The van der Waals surface area contributed by atoms with Gasteiger partial charge in [0.25, 0.3) is 5.91 Å². The van der Waals surface area contributed by atoms with Gasteiger partial charge in [0, 0.05) is 6.42 Å². The van der Waals surface area contributed by atoms with E-state index in [0.717, 1.165) is 16.7 Å². The molecule has 0 aliphatic rings.